The summed E-state index contributed by atoms with van der Waals surface area (Å²) in [6.07, 6.45) is 8.86. The molecule has 0 N–H and O–H groups in total. The fraction of sp³-hybridized carbons (Fsp3) is 0.133. The summed E-state index contributed by atoms with van der Waals surface area (Å²) in [7, 11) is 0. The van der Waals surface area contributed by atoms with Crippen molar-refractivity contribution >= 4 is 92.4 Å². The average molecular weight is 573 g/mol. The van der Waals surface area contributed by atoms with Crippen LogP contribution in [-0.4, -0.2) is 8.75 Å². The predicted octanol–water partition coefficient (Wildman–Crippen LogP) is 10.8. The number of fused-ring (bicyclic) bond motifs is 1. The number of rotatable bonds is 6. The number of thiophene rings is 4. The molecular formula is C30H24N2S5. The van der Waals surface area contributed by atoms with Crippen LogP contribution >= 0.6 is 57.1 Å². The van der Waals surface area contributed by atoms with Crippen LogP contribution in [0.3, 0.4) is 0 Å². The van der Waals surface area contributed by atoms with Gasteiger partial charge in [-0.3, -0.25) is 0 Å². The molecular weight excluding hydrogens is 549 g/mol. The normalized spacial score (nSPS) is 12.1. The van der Waals surface area contributed by atoms with Crippen molar-refractivity contribution in [3.05, 3.63) is 88.9 Å². The monoisotopic (exact) mass is 572 g/mol. The van der Waals surface area contributed by atoms with E-state index in [2.05, 4.69) is 99.2 Å². The first-order valence-electron chi connectivity index (χ1n) is 11.9. The fourth-order valence-corrected chi connectivity index (χ4v) is 8.71. The summed E-state index contributed by atoms with van der Waals surface area (Å²) in [5, 5.41) is 4.38. The highest BCUT2D eigenvalue weighted by Crippen LogP contribution is 2.42. The van der Waals surface area contributed by atoms with Crippen LogP contribution < -0.4 is 0 Å². The highest BCUT2D eigenvalue weighted by molar-refractivity contribution is 7.17. The quantitative estimate of drug-likeness (QED) is 0.198. The SMILES string of the molecule is Cc1csc(/C=C/c2cc(C)c(-c3ccc(-c4sc(/C=C/c5cc(C)cs5)cc4C)c4nsnc34)s2)c1. The maximum absolute atomic E-state index is 4.76. The molecule has 0 bridgehead atoms. The number of aryl methyl sites for hydroxylation is 4. The van der Waals surface area contributed by atoms with Crippen molar-refractivity contribution in [2.75, 3.05) is 0 Å². The molecule has 37 heavy (non-hydrogen) atoms. The molecule has 2 nitrogen and oxygen atoms in total. The van der Waals surface area contributed by atoms with Crippen molar-refractivity contribution < 1.29 is 0 Å². The standard InChI is InChI=1S/C30H24N2S5/c1-17-11-21(33-15-17)5-7-23-13-19(3)29(35-23)25-9-10-26(28-27(25)31-37-32-28)30-20(4)14-24(36-30)8-6-22-12-18(2)16-34-22/h5-16H,1-4H3/b7-5+,8-6+. The number of benzene rings is 1. The third kappa shape index (κ3) is 5.07. The molecule has 6 aromatic rings. The topological polar surface area (TPSA) is 25.8 Å². The predicted molar refractivity (Wildman–Crippen MR) is 169 cm³/mol. The zero-order chi connectivity index (χ0) is 25.5. The van der Waals surface area contributed by atoms with E-state index in [1.807, 2.05) is 22.7 Å². The zero-order valence-electron chi connectivity index (χ0n) is 20.9. The lowest BCUT2D eigenvalue weighted by atomic mass is 10.0. The Hall–Kier alpha value is -2.68. The van der Waals surface area contributed by atoms with E-state index >= 15 is 0 Å². The first-order valence-corrected chi connectivity index (χ1v) is 16.0. The van der Waals surface area contributed by atoms with E-state index in [1.165, 1.54) is 74.4 Å². The Morgan fingerprint density at radius 3 is 1.41 bits per heavy atom. The Labute approximate surface area is 237 Å². The Kier molecular flexibility index (Phi) is 6.82. The van der Waals surface area contributed by atoms with Crippen molar-refractivity contribution in [3.63, 3.8) is 0 Å². The molecule has 5 heterocycles. The van der Waals surface area contributed by atoms with Crippen molar-refractivity contribution in [3.8, 4) is 20.9 Å². The van der Waals surface area contributed by atoms with Crippen molar-refractivity contribution in [1.82, 2.24) is 8.75 Å². The molecule has 1 aromatic carbocycles. The Morgan fingerprint density at radius 1 is 0.568 bits per heavy atom. The summed E-state index contributed by atoms with van der Waals surface area (Å²) in [5.41, 5.74) is 9.51. The van der Waals surface area contributed by atoms with Crippen LogP contribution in [0, 0.1) is 27.7 Å². The molecule has 0 spiro atoms. The zero-order valence-corrected chi connectivity index (χ0v) is 24.9. The summed E-state index contributed by atoms with van der Waals surface area (Å²) in [4.78, 5) is 7.61. The van der Waals surface area contributed by atoms with Crippen LogP contribution in [-0.2, 0) is 0 Å². The number of hydrogen-bond acceptors (Lipinski definition) is 7. The highest BCUT2D eigenvalue weighted by Gasteiger charge is 2.18. The fourth-order valence-electron chi connectivity index (χ4n) is 4.36. The molecule has 0 aliphatic carbocycles. The average Bonchev–Trinajstić information content (AvgIpc) is 3.69. The van der Waals surface area contributed by atoms with Gasteiger partial charge in [0.2, 0.25) is 0 Å². The molecule has 0 fully saturated rings. The second-order valence-corrected chi connectivity index (χ2v) is 13.7. The molecule has 0 atom stereocenters. The first kappa shape index (κ1) is 24.6. The Balaban J connectivity index is 1.34. The Morgan fingerprint density at radius 2 is 1.00 bits per heavy atom. The highest BCUT2D eigenvalue weighted by atomic mass is 32.1. The maximum Gasteiger partial charge on any atom is 0.114 e. The number of nitrogens with zero attached hydrogens (tertiary/aromatic N) is 2. The molecule has 0 aliphatic heterocycles. The van der Waals surface area contributed by atoms with Gasteiger partial charge in [0, 0.05) is 40.4 Å². The second kappa shape index (κ2) is 10.2. The van der Waals surface area contributed by atoms with Crippen molar-refractivity contribution in [1.29, 1.82) is 0 Å². The van der Waals surface area contributed by atoms with Gasteiger partial charge in [0.15, 0.2) is 0 Å². The van der Waals surface area contributed by atoms with Gasteiger partial charge in [0.1, 0.15) is 11.0 Å². The molecule has 6 rings (SSSR count). The van der Waals surface area contributed by atoms with Gasteiger partial charge in [0.25, 0.3) is 0 Å². The van der Waals surface area contributed by atoms with Gasteiger partial charge in [-0.2, -0.15) is 8.75 Å². The van der Waals surface area contributed by atoms with Crippen LogP contribution in [0.4, 0.5) is 0 Å². The minimum absolute atomic E-state index is 0.996. The van der Waals surface area contributed by atoms with Gasteiger partial charge in [-0.05, 0) is 109 Å². The van der Waals surface area contributed by atoms with Gasteiger partial charge >= 0.3 is 0 Å². The van der Waals surface area contributed by atoms with E-state index in [0.29, 0.717) is 0 Å². The molecule has 0 saturated carbocycles. The molecule has 7 heteroatoms. The minimum atomic E-state index is 0.996. The van der Waals surface area contributed by atoms with Gasteiger partial charge < -0.3 is 0 Å². The second-order valence-electron chi connectivity index (χ2n) is 9.16. The Bertz CT molecular complexity index is 1650. The van der Waals surface area contributed by atoms with Crippen LogP contribution in [0.25, 0.3) is 56.2 Å². The van der Waals surface area contributed by atoms with Gasteiger partial charge in [-0.15, -0.1) is 45.3 Å². The molecule has 5 aromatic heterocycles. The van der Waals surface area contributed by atoms with E-state index in [4.69, 9.17) is 8.75 Å². The van der Waals surface area contributed by atoms with E-state index in [0.717, 1.165) is 11.0 Å². The summed E-state index contributed by atoms with van der Waals surface area (Å²) >= 11 is 8.51. The van der Waals surface area contributed by atoms with Crippen LogP contribution in [0.15, 0.2) is 47.2 Å². The van der Waals surface area contributed by atoms with Crippen molar-refractivity contribution in [2.45, 2.75) is 27.7 Å². The van der Waals surface area contributed by atoms with Crippen LogP contribution in [0.1, 0.15) is 41.8 Å². The lowest BCUT2D eigenvalue weighted by molar-refractivity contribution is 1.52. The molecule has 0 saturated heterocycles. The summed E-state index contributed by atoms with van der Waals surface area (Å²) in [6.45, 7) is 8.66. The minimum Gasteiger partial charge on any atom is -0.172 e. The van der Waals surface area contributed by atoms with Crippen molar-refractivity contribution in [2.24, 2.45) is 0 Å². The largest absolute Gasteiger partial charge is 0.172 e. The van der Waals surface area contributed by atoms with Crippen LogP contribution in [0.2, 0.25) is 0 Å². The third-order valence-electron chi connectivity index (χ3n) is 6.10. The number of hydrogen-bond donors (Lipinski definition) is 0. The van der Waals surface area contributed by atoms with Gasteiger partial charge in [0.05, 0.1) is 11.7 Å². The van der Waals surface area contributed by atoms with Gasteiger partial charge in [-0.1, -0.05) is 12.1 Å². The van der Waals surface area contributed by atoms with E-state index in [1.54, 1.807) is 22.7 Å². The smallest absolute Gasteiger partial charge is 0.114 e. The van der Waals surface area contributed by atoms with E-state index in [-0.39, 0.29) is 0 Å². The molecule has 184 valence electrons. The molecule has 0 radical (unpaired) electrons. The maximum atomic E-state index is 4.76. The summed E-state index contributed by atoms with van der Waals surface area (Å²) in [6, 6.07) is 13.5. The third-order valence-corrected chi connectivity index (χ3v) is 11.1. The molecule has 0 amide bonds. The summed E-state index contributed by atoms with van der Waals surface area (Å²) < 4.78 is 9.51. The van der Waals surface area contributed by atoms with Gasteiger partial charge in [-0.25, -0.2) is 0 Å². The molecule has 0 unspecified atom stereocenters. The number of aromatic nitrogens is 2. The molecule has 0 aliphatic rings. The van der Waals surface area contributed by atoms with Crippen LogP contribution in [0.5, 0.6) is 0 Å². The van der Waals surface area contributed by atoms with E-state index in [9.17, 15) is 0 Å². The summed E-state index contributed by atoms with van der Waals surface area (Å²) in [5.74, 6) is 0. The van der Waals surface area contributed by atoms with E-state index < -0.39 is 0 Å². The lowest BCUT2D eigenvalue weighted by Crippen LogP contribution is -1.84. The first-order chi connectivity index (χ1) is 17.9. The lowest BCUT2D eigenvalue weighted by Gasteiger charge is -2.06.